The van der Waals surface area contributed by atoms with Crippen molar-refractivity contribution in [3.8, 4) is 0 Å². The summed E-state index contributed by atoms with van der Waals surface area (Å²) in [6.45, 7) is 7.22. The molecule has 2 fully saturated rings. The van der Waals surface area contributed by atoms with Gasteiger partial charge < -0.3 is 10.1 Å². The van der Waals surface area contributed by atoms with E-state index >= 15 is 0 Å². The highest BCUT2D eigenvalue weighted by molar-refractivity contribution is 5.77. The Balaban J connectivity index is 2.07. The first-order valence-electron chi connectivity index (χ1n) is 6.20. The Labute approximate surface area is 97.9 Å². The second-order valence-corrected chi connectivity index (χ2v) is 6.16. The molecular weight excluding hydrogens is 202 g/mol. The lowest BCUT2D eigenvalue weighted by Crippen LogP contribution is -2.47. The number of nitrogens with one attached hydrogen (secondary N) is 1. The van der Waals surface area contributed by atoms with Gasteiger partial charge in [-0.05, 0) is 36.0 Å². The number of carbonyl (C=O) groups is 1. The second kappa shape index (κ2) is 3.73. The molecule has 0 saturated heterocycles. The lowest BCUT2D eigenvalue weighted by atomic mass is 9.69. The molecule has 2 aliphatic carbocycles. The molecule has 16 heavy (non-hydrogen) atoms. The topological polar surface area (TPSA) is 38.3 Å². The van der Waals surface area contributed by atoms with E-state index < -0.39 is 0 Å². The summed E-state index contributed by atoms with van der Waals surface area (Å²) < 4.78 is 4.87. The van der Waals surface area contributed by atoms with Crippen molar-refractivity contribution in [3.05, 3.63) is 0 Å². The zero-order valence-electron chi connectivity index (χ0n) is 10.8. The molecule has 0 aromatic carbocycles. The zero-order valence-corrected chi connectivity index (χ0v) is 10.8. The van der Waals surface area contributed by atoms with Gasteiger partial charge >= 0.3 is 0 Å². The van der Waals surface area contributed by atoms with Gasteiger partial charge in [0.1, 0.15) is 6.61 Å². The van der Waals surface area contributed by atoms with E-state index in [0.717, 1.165) is 12.3 Å². The van der Waals surface area contributed by atoms with Crippen molar-refractivity contribution in [1.29, 1.82) is 0 Å². The van der Waals surface area contributed by atoms with Gasteiger partial charge in [0.05, 0.1) is 0 Å². The molecule has 3 heteroatoms. The van der Waals surface area contributed by atoms with Crippen LogP contribution >= 0.6 is 0 Å². The Morgan fingerprint density at radius 1 is 1.44 bits per heavy atom. The maximum absolute atomic E-state index is 11.6. The van der Waals surface area contributed by atoms with Crippen LogP contribution in [0.2, 0.25) is 0 Å². The average molecular weight is 225 g/mol. The van der Waals surface area contributed by atoms with Crippen molar-refractivity contribution in [1.82, 2.24) is 5.32 Å². The van der Waals surface area contributed by atoms with Crippen molar-refractivity contribution >= 4 is 5.91 Å². The number of rotatable bonds is 3. The number of hydrogen-bond acceptors (Lipinski definition) is 2. The molecule has 0 radical (unpaired) electrons. The molecule has 2 aliphatic rings. The summed E-state index contributed by atoms with van der Waals surface area (Å²) in [4.78, 5) is 11.6. The van der Waals surface area contributed by atoms with Crippen LogP contribution in [-0.2, 0) is 9.53 Å². The lowest BCUT2D eigenvalue weighted by Gasteiger charge is -2.39. The summed E-state index contributed by atoms with van der Waals surface area (Å²) in [5.74, 6) is 0.794. The Hall–Kier alpha value is -0.570. The minimum atomic E-state index is 0.0251. The summed E-state index contributed by atoms with van der Waals surface area (Å²) >= 11 is 0. The first-order chi connectivity index (χ1) is 7.41. The summed E-state index contributed by atoms with van der Waals surface area (Å²) in [5, 5.41) is 3.14. The Bertz CT molecular complexity index is 300. The second-order valence-electron chi connectivity index (χ2n) is 6.16. The average Bonchev–Trinajstić information content (AvgIpc) is 2.51. The van der Waals surface area contributed by atoms with E-state index in [1.165, 1.54) is 12.8 Å². The molecule has 3 atom stereocenters. The van der Waals surface area contributed by atoms with Gasteiger partial charge in [0.2, 0.25) is 5.91 Å². The molecule has 2 saturated carbocycles. The molecule has 0 heterocycles. The van der Waals surface area contributed by atoms with Crippen LogP contribution in [0.3, 0.4) is 0 Å². The zero-order chi connectivity index (χ0) is 12.0. The predicted molar refractivity (Wildman–Crippen MR) is 63.0 cm³/mol. The molecule has 1 N–H and O–H groups in total. The SMILES string of the molecule is COCC(=O)NC1CC2CCC1(C)C2(C)C. The van der Waals surface area contributed by atoms with Gasteiger partial charge in [-0.3, -0.25) is 4.79 Å². The van der Waals surface area contributed by atoms with Crippen LogP contribution in [0, 0.1) is 16.7 Å². The molecule has 0 aromatic rings. The standard InChI is InChI=1S/C13H23NO2/c1-12(2)9-5-6-13(12,3)10(7-9)14-11(15)8-16-4/h9-10H,5-8H2,1-4H3,(H,14,15). The van der Waals surface area contributed by atoms with Crippen LogP contribution in [0.4, 0.5) is 0 Å². The van der Waals surface area contributed by atoms with Crippen molar-refractivity contribution in [3.63, 3.8) is 0 Å². The van der Waals surface area contributed by atoms with Gasteiger partial charge in [0.15, 0.2) is 0 Å². The Kier molecular flexibility index (Phi) is 2.77. The normalized spacial score (nSPS) is 40.0. The highest BCUT2D eigenvalue weighted by Crippen LogP contribution is 2.65. The van der Waals surface area contributed by atoms with E-state index in [2.05, 4.69) is 26.1 Å². The Morgan fingerprint density at radius 3 is 2.56 bits per heavy atom. The smallest absolute Gasteiger partial charge is 0.246 e. The monoisotopic (exact) mass is 225 g/mol. The number of fused-ring (bicyclic) bond motifs is 2. The van der Waals surface area contributed by atoms with Crippen LogP contribution in [-0.4, -0.2) is 25.7 Å². The van der Waals surface area contributed by atoms with E-state index in [1.54, 1.807) is 7.11 Å². The third-order valence-corrected chi connectivity index (χ3v) is 5.40. The first-order valence-corrected chi connectivity index (χ1v) is 6.20. The molecule has 0 spiro atoms. The predicted octanol–water partition coefficient (Wildman–Crippen LogP) is 1.96. The third-order valence-electron chi connectivity index (χ3n) is 5.40. The summed E-state index contributed by atoms with van der Waals surface area (Å²) in [6.07, 6.45) is 3.70. The lowest BCUT2D eigenvalue weighted by molar-refractivity contribution is -0.126. The van der Waals surface area contributed by atoms with Crippen LogP contribution in [0.25, 0.3) is 0 Å². The Morgan fingerprint density at radius 2 is 2.12 bits per heavy atom. The summed E-state index contributed by atoms with van der Waals surface area (Å²) in [6, 6.07) is 0.337. The first kappa shape index (κ1) is 11.9. The molecule has 92 valence electrons. The van der Waals surface area contributed by atoms with Gasteiger partial charge in [-0.25, -0.2) is 0 Å². The maximum atomic E-state index is 11.6. The third kappa shape index (κ3) is 1.48. The van der Waals surface area contributed by atoms with E-state index in [9.17, 15) is 4.79 Å². The fraction of sp³-hybridized carbons (Fsp3) is 0.923. The van der Waals surface area contributed by atoms with Gasteiger partial charge in [0, 0.05) is 13.2 Å². The maximum Gasteiger partial charge on any atom is 0.246 e. The quantitative estimate of drug-likeness (QED) is 0.797. The molecule has 2 rings (SSSR count). The molecule has 0 aromatic heterocycles. The largest absolute Gasteiger partial charge is 0.375 e. The number of hydrogen-bond donors (Lipinski definition) is 1. The van der Waals surface area contributed by atoms with E-state index in [1.807, 2.05) is 0 Å². The molecule has 1 amide bonds. The van der Waals surface area contributed by atoms with E-state index in [-0.39, 0.29) is 17.9 Å². The number of methoxy groups -OCH3 is 1. The van der Waals surface area contributed by atoms with Crippen LogP contribution in [0.1, 0.15) is 40.0 Å². The van der Waals surface area contributed by atoms with Gasteiger partial charge in [-0.2, -0.15) is 0 Å². The van der Waals surface area contributed by atoms with Gasteiger partial charge in [-0.1, -0.05) is 20.8 Å². The van der Waals surface area contributed by atoms with Gasteiger partial charge in [-0.15, -0.1) is 0 Å². The fourth-order valence-corrected chi connectivity index (χ4v) is 3.79. The minimum Gasteiger partial charge on any atom is -0.375 e. The van der Waals surface area contributed by atoms with Crippen LogP contribution in [0.5, 0.6) is 0 Å². The number of amides is 1. The molecule has 3 unspecified atom stereocenters. The van der Waals surface area contributed by atoms with Crippen molar-refractivity contribution in [2.24, 2.45) is 16.7 Å². The van der Waals surface area contributed by atoms with E-state index in [0.29, 0.717) is 11.5 Å². The van der Waals surface area contributed by atoms with Crippen molar-refractivity contribution in [2.45, 2.75) is 46.1 Å². The fourth-order valence-electron chi connectivity index (χ4n) is 3.79. The highest BCUT2D eigenvalue weighted by Gasteiger charge is 2.61. The minimum absolute atomic E-state index is 0.0251. The molecule has 2 bridgehead atoms. The molecule has 0 aliphatic heterocycles. The van der Waals surface area contributed by atoms with Crippen LogP contribution in [0.15, 0.2) is 0 Å². The highest BCUT2D eigenvalue weighted by atomic mass is 16.5. The number of carbonyl (C=O) groups excluding carboxylic acids is 1. The van der Waals surface area contributed by atoms with E-state index in [4.69, 9.17) is 4.74 Å². The summed E-state index contributed by atoms with van der Waals surface area (Å²) in [5.41, 5.74) is 0.624. The van der Waals surface area contributed by atoms with Crippen molar-refractivity contribution in [2.75, 3.05) is 13.7 Å². The molecular formula is C13H23NO2. The van der Waals surface area contributed by atoms with Gasteiger partial charge in [0.25, 0.3) is 0 Å². The van der Waals surface area contributed by atoms with Crippen molar-refractivity contribution < 1.29 is 9.53 Å². The number of ether oxygens (including phenoxy) is 1. The summed E-state index contributed by atoms with van der Waals surface area (Å²) in [7, 11) is 1.56. The van der Waals surface area contributed by atoms with Crippen LogP contribution < -0.4 is 5.32 Å². The molecule has 3 nitrogen and oxygen atoms in total.